The predicted molar refractivity (Wildman–Crippen MR) is 94.1 cm³/mol. The van der Waals surface area contributed by atoms with Crippen LogP contribution < -0.4 is 4.74 Å². The highest BCUT2D eigenvalue weighted by Gasteiger charge is 2.11. The lowest BCUT2D eigenvalue weighted by Gasteiger charge is -2.02. The second-order valence-electron chi connectivity index (χ2n) is 4.85. The van der Waals surface area contributed by atoms with Crippen molar-refractivity contribution in [1.82, 2.24) is 4.98 Å². The summed E-state index contributed by atoms with van der Waals surface area (Å²) in [7, 11) is 0. The van der Waals surface area contributed by atoms with Crippen molar-refractivity contribution in [3.8, 4) is 11.6 Å². The van der Waals surface area contributed by atoms with Crippen LogP contribution in [0.1, 0.15) is 0 Å². The van der Waals surface area contributed by atoms with Crippen LogP contribution in [-0.4, -0.2) is 22.6 Å². The summed E-state index contributed by atoms with van der Waals surface area (Å²) in [6, 6.07) is 12.0. The number of halogens is 2. The van der Waals surface area contributed by atoms with E-state index < -0.39 is 5.91 Å². The molecule has 0 aliphatic rings. The van der Waals surface area contributed by atoms with Crippen LogP contribution in [0.5, 0.6) is 11.6 Å². The zero-order valence-corrected chi connectivity index (χ0v) is 14.5. The predicted octanol–water partition coefficient (Wildman–Crippen LogP) is 4.98. The van der Waals surface area contributed by atoms with Crippen LogP contribution in [-0.2, 0) is 4.79 Å². The first-order chi connectivity index (χ1) is 11.5. The molecule has 1 aromatic heterocycles. The van der Waals surface area contributed by atoms with Crippen LogP contribution in [0.2, 0.25) is 5.02 Å². The van der Waals surface area contributed by atoms with E-state index in [1.165, 1.54) is 0 Å². The van der Waals surface area contributed by atoms with E-state index in [0.717, 1.165) is 4.47 Å². The Labute approximate surface area is 150 Å². The second kappa shape index (κ2) is 7.02. The maximum Gasteiger partial charge on any atom is 0.302 e. The van der Waals surface area contributed by atoms with Crippen LogP contribution in [0.3, 0.4) is 0 Å². The number of hydrogen-bond donors (Lipinski definition) is 2. The van der Waals surface area contributed by atoms with Gasteiger partial charge in [0.25, 0.3) is 0 Å². The van der Waals surface area contributed by atoms with Gasteiger partial charge in [0.2, 0.25) is 5.88 Å². The van der Waals surface area contributed by atoms with E-state index in [4.69, 9.17) is 16.3 Å². The molecule has 0 aliphatic carbocycles. The maximum atomic E-state index is 11.8. The lowest BCUT2D eigenvalue weighted by atomic mass is 10.2. The van der Waals surface area contributed by atoms with Crippen molar-refractivity contribution in [1.29, 1.82) is 0 Å². The molecule has 0 saturated heterocycles. The largest absolute Gasteiger partial charge is 0.493 e. The number of aromatic amines is 1. The summed E-state index contributed by atoms with van der Waals surface area (Å²) >= 11 is 9.20. The third-order valence-electron chi connectivity index (χ3n) is 3.15. The van der Waals surface area contributed by atoms with Gasteiger partial charge < -0.3 is 14.8 Å². The van der Waals surface area contributed by atoms with Crippen LogP contribution in [0, 0.1) is 0 Å². The molecule has 122 valence electrons. The molecule has 2 aromatic carbocycles. The monoisotopic (exact) mass is 407 g/mol. The van der Waals surface area contributed by atoms with E-state index in [0.29, 0.717) is 21.7 Å². The molecule has 0 unspecified atom stereocenters. The zero-order valence-electron chi connectivity index (χ0n) is 12.2. The highest BCUT2D eigenvalue weighted by molar-refractivity contribution is 9.10. The first-order valence-corrected chi connectivity index (χ1v) is 8.03. The number of nitrogens with zero attached hydrogens (tertiary/aromatic N) is 2. The molecule has 24 heavy (non-hydrogen) atoms. The molecule has 0 saturated carbocycles. The van der Waals surface area contributed by atoms with Crippen molar-refractivity contribution < 1.29 is 14.6 Å². The number of azo groups is 1. The highest BCUT2D eigenvalue weighted by Crippen LogP contribution is 2.36. The number of benzene rings is 2. The molecular formula is C16H11BrClN3O3. The Hall–Kier alpha value is -2.38. The maximum absolute atomic E-state index is 11.8. The van der Waals surface area contributed by atoms with Crippen LogP contribution in [0.25, 0.3) is 10.9 Å². The molecule has 2 N–H and O–H groups in total. The van der Waals surface area contributed by atoms with Gasteiger partial charge in [-0.05, 0) is 42.5 Å². The number of aromatic nitrogens is 1. The van der Waals surface area contributed by atoms with Crippen LogP contribution in [0.15, 0.2) is 57.2 Å². The van der Waals surface area contributed by atoms with Gasteiger partial charge in [-0.1, -0.05) is 27.5 Å². The number of amides is 1. The normalized spacial score (nSPS) is 11.2. The SMILES string of the molecule is O=C(COc1ccc(Br)cc1)N=Nc1c(O)[nH]c2cc(Cl)ccc12. The first kappa shape index (κ1) is 16.5. The second-order valence-corrected chi connectivity index (χ2v) is 6.20. The Kier molecular flexibility index (Phi) is 4.82. The lowest BCUT2D eigenvalue weighted by Crippen LogP contribution is -2.07. The number of carbonyl (C=O) groups excluding carboxylic acids is 1. The Morgan fingerprint density at radius 2 is 2.00 bits per heavy atom. The molecule has 0 aliphatic heterocycles. The molecule has 1 heterocycles. The van der Waals surface area contributed by atoms with Gasteiger partial charge in [0.15, 0.2) is 12.3 Å². The Morgan fingerprint density at radius 1 is 1.25 bits per heavy atom. The van der Waals surface area contributed by atoms with Crippen molar-refractivity contribution in [3.05, 3.63) is 52.0 Å². The number of hydrogen-bond acceptors (Lipinski definition) is 4. The topological polar surface area (TPSA) is 87.0 Å². The molecule has 1 amide bonds. The minimum Gasteiger partial charge on any atom is -0.493 e. The van der Waals surface area contributed by atoms with E-state index in [2.05, 4.69) is 31.1 Å². The van der Waals surface area contributed by atoms with Gasteiger partial charge in [0.05, 0.1) is 5.52 Å². The summed E-state index contributed by atoms with van der Waals surface area (Å²) in [6.45, 7) is -0.250. The number of rotatable bonds is 4. The van der Waals surface area contributed by atoms with Crippen LogP contribution >= 0.6 is 27.5 Å². The van der Waals surface area contributed by atoms with Crippen molar-refractivity contribution >= 4 is 50.0 Å². The molecule has 0 bridgehead atoms. The number of carbonyl (C=O) groups is 1. The Morgan fingerprint density at radius 3 is 2.75 bits per heavy atom. The van der Waals surface area contributed by atoms with E-state index in [1.807, 2.05) is 0 Å². The fourth-order valence-corrected chi connectivity index (χ4v) is 2.49. The van der Waals surface area contributed by atoms with Crippen LogP contribution in [0.4, 0.5) is 5.69 Å². The third kappa shape index (κ3) is 3.74. The summed E-state index contributed by atoms with van der Waals surface area (Å²) in [5.74, 6) is -0.204. The number of fused-ring (bicyclic) bond motifs is 1. The number of aromatic hydroxyl groups is 1. The van der Waals surface area contributed by atoms with Crippen molar-refractivity contribution in [2.75, 3.05) is 6.61 Å². The molecule has 3 aromatic rings. The van der Waals surface area contributed by atoms with E-state index in [1.54, 1.807) is 42.5 Å². The zero-order chi connectivity index (χ0) is 17.1. The molecule has 8 heteroatoms. The molecule has 0 atom stereocenters. The van der Waals surface area contributed by atoms with E-state index in [-0.39, 0.29) is 18.2 Å². The van der Waals surface area contributed by atoms with E-state index >= 15 is 0 Å². The van der Waals surface area contributed by atoms with Gasteiger partial charge >= 0.3 is 5.91 Å². The Bertz CT molecular complexity index is 922. The molecule has 6 nitrogen and oxygen atoms in total. The van der Waals surface area contributed by atoms with Crippen molar-refractivity contribution in [2.24, 2.45) is 10.2 Å². The highest BCUT2D eigenvalue weighted by atomic mass is 79.9. The molecule has 3 rings (SSSR count). The molecule has 0 spiro atoms. The van der Waals surface area contributed by atoms with Gasteiger partial charge in [0, 0.05) is 14.9 Å². The van der Waals surface area contributed by atoms with Gasteiger partial charge in [-0.25, -0.2) is 0 Å². The van der Waals surface area contributed by atoms with Gasteiger partial charge in [-0.2, -0.15) is 0 Å². The minimum atomic E-state index is -0.569. The van der Waals surface area contributed by atoms with E-state index in [9.17, 15) is 9.90 Å². The summed E-state index contributed by atoms with van der Waals surface area (Å²) in [6.07, 6.45) is 0. The Balaban J connectivity index is 1.70. The smallest absolute Gasteiger partial charge is 0.302 e. The van der Waals surface area contributed by atoms with Gasteiger partial charge in [-0.3, -0.25) is 4.79 Å². The van der Waals surface area contributed by atoms with Gasteiger partial charge in [0.1, 0.15) is 5.75 Å². The van der Waals surface area contributed by atoms with Crippen molar-refractivity contribution in [3.63, 3.8) is 0 Å². The summed E-state index contributed by atoms with van der Waals surface area (Å²) in [5.41, 5.74) is 0.783. The quantitative estimate of drug-likeness (QED) is 0.597. The number of ether oxygens (including phenoxy) is 1. The third-order valence-corrected chi connectivity index (χ3v) is 3.92. The summed E-state index contributed by atoms with van der Waals surface area (Å²) in [4.78, 5) is 14.5. The fourth-order valence-electron chi connectivity index (χ4n) is 2.05. The number of nitrogens with one attached hydrogen (secondary N) is 1. The van der Waals surface area contributed by atoms with Gasteiger partial charge in [-0.15, -0.1) is 10.2 Å². The fraction of sp³-hybridized carbons (Fsp3) is 0.0625. The molecular weight excluding hydrogens is 398 g/mol. The lowest BCUT2D eigenvalue weighted by molar-refractivity contribution is -0.120. The standard InChI is InChI=1S/C16H11BrClN3O3/c17-9-1-4-11(5-2-9)24-8-14(22)20-21-15-12-6-3-10(18)7-13(12)19-16(15)23/h1-7,19,23H,8H2. The molecule has 0 fully saturated rings. The number of H-pyrrole nitrogens is 1. The van der Waals surface area contributed by atoms with Crippen molar-refractivity contribution in [2.45, 2.75) is 0 Å². The summed E-state index contributed by atoms with van der Waals surface area (Å²) in [5, 5.41) is 18.4. The minimum absolute atomic E-state index is 0.179. The molecule has 0 radical (unpaired) electrons. The average Bonchev–Trinajstić information content (AvgIpc) is 2.86. The average molecular weight is 409 g/mol. The first-order valence-electron chi connectivity index (χ1n) is 6.86. The summed E-state index contributed by atoms with van der Waals surface area (Å²) < 4.78 is 6.23.